The fourth-order valence-electron chi connectivity index (χ4n) is 2.03. The van der Waals surface area contributed by atoms with E-state index in [4.69, 9.17) is 0 Å². The molecule has 0 fully saturated rings. The molecular weight excluding hydrogens is 250 g/mol. The highest BCUT2D eigenvalue weighted by Crippen LogP contribution is 2.22. The molecule has 3 heteroatoms. The summed E-state index contributed by atoms with van der Waals surface area (Å²) < 4.78 is 0. The Hall–Kier alpha value is -1.87. The first kappa shape index (κ1) is 16.2. The Bertz CT molecular complexity index is 475. The third-order valence-electron chi connectivity index (χ3n) is 3.07. The highest BCUT2D eigenvalue weighted by atomic mass is 16.3. The van der Waals surface area contributed by atoms with Crippen molar-refractivity contribution in [1.29, 1.82) is 0 Å². The van der Waals surface area contributed by atoms with Crippen LogP contribution in [-0.2, 0) is 11.3 Å². The molecule has 1 atom stereocenters. The number of hydrogen-bond donors (Lipinski definition) is 2. The summed E-state index contributed by atoms with van der Waals surface area (Å²) in [5, 5.41) is 13.2. The lowest BCUT2D eigenvalue weighted by atomic mass is 9.90. The van der Waals surface area contributed by atoms with Crippen LogP contribution in [0.1, 0.15) is 32.3 Å². The topological polar surface area (TPSA) is 49.3 Å². The zero-order valence-corrected chi connectivity index (χ0v) is 12.2. The van der Waals surface area contributed by atoms with E-state index in [1.807, 2.05) is 37.3 Å². The maximum Gasteiger partial charge on any atom is 0.250 e. The van der Waals surface area contributed by atoms with E-state index in [0.717, 1.165) is 5.56 Å². The van der Waals surface area contributed by atoms with Gasteiger partial charge in [0.2, 0.25) is 5.91 Å². The molecule has 0 heterocycles. The minimum Gasteiger partial charge on any atom is -0.385 e. The molecule has 1 rings (SSSR count). The van der Waals surface area contributed by atoms with Crippen molar-refractivity contribution in [3.63, 3.8) is 0 Å². The average molecular weight is 273 g/mol. The predicted octanol–water partition coefficient (Wildman–Crippen LogP) is 2.97. The Kier molecular flexibility index (Phi) is 6.19. The summed E-state index contributed by atoms with van der Waals surface area (Å²) in [6.45, 7) is 7.65. The molecule has 0 aromatic heterocycles. The molecule has 1 amide bonds. The predicted molar refractivity (Wildman–Crippen MR) is 82.1 cm³/mol. The van der Waals surface area contributed by atoms with E-state index in [9.17, 15) is 9.90 Å². The van der Waals surface area contributed by atoms with Gasteiger partial charge >= 0.3 is 0 Å². The largest absolute Gasteiger partial charge is 0.385 e. The Morgan fingerprint density at radius 1 is 1.40 bits per heavy atom. The van der Waals surface area contributed by atoms with Gasteiger partial charge in [-0.05, 0) is 25.3 Å². The van der Waals surface area contributed by atoms with Crippen molar-refractivity contribution in [1.82, 2.24) is 5.32 Å². The molecule has 2 N–H and O–H groups in total. The van der Waals surface area contributed by atoms with E-state index < -0.39 is 5.60 Å². The minimum absolute atomic E-state index is 0.234. The lowest BCUT2D eigenvalue weighted by Crippen LogP contribution is -2.37. The van der Waals surface area contributed by atoms with Gasteiger partial charge in [-0.3, -0.25) is 4.79 Å². The standard InChI is InChI=1S/C17H23NO2/c1-4-9-15(17(3,20)12-5-2)16(19)18-13-14-10-7-6-8-11-14/h5-11,20H,2,4,12-13H2,1,3H3,(H,18,19)/b15-9-/t17-/m0/s1. The first-order valence-corrected chi connectivity index (χ1v) is 6.87. The molecule has 1 aromatic carbocycles. The smallest absolute Gasteiger partial charge is 0.250 e. The number of carbonyl (C=O) groups excluding carboxylic acids is 1. The van der Waals surface area contributed by atoms with Crippen molar-refractivity contribution in [3.05, 3.63) is 60.2 Å². The molecule has 0 aliphatic rings. The maximum absolute atomic E-state index is 12.3. The first-order chi connectivity index (χ1) is 9.51. The Balaban J connectivity index is 2.75. The van der Waals surface area contributed by atoms with Crippen molar-refractivity contribution in [2.24, 2.45) is 0 Å². The van der Waals surface area contributed by atoms with Gasteiger partial charge < -0.3 is 10.4 Å². The van der Waals surface area contributed by atoms with Gasteiger partial charge in [0.1, 0.15) is 0 Å². The van der Waals surface area contributed by atoms with E-state index in [-0.39, 0.29) is 5.91 Å². The van der Waals surface area contributed by atoms with E-state index in [1.165, 1.54) is 0 Å². The van der Waals surface area contributed by atoms with Crippen LogP contribution < -0.4 is 5.32 Å². The summed E-state index contributed by atoms with van der Waals surface area (Å²) >= 11 is 0. The number of aliphatic hydroxyl groups is 1. The number of amides is 1. The quantitative estimate of drug-likeness (QED) is 0.593. The summed E-state index contributed by atoms with van der Waals surface area (Å²) in [7, 11) is 0. The van der Waals surface area contributed by atoms with E-state index in [0.29, 0.717) is 25.0 Å². The van der Waals surface area contributed by atoms with Gasteiger partial charge in [-0.2, -0.15) is 0 Å². The molecule has 0 saturated carbocycles. The molecule has 108 valence electrons. The minimum atomic E-state index is -1.18. The summed E-state index contributed by atoms with van der Waals surface area (Å²) in [5.41, 5.74) is 0.245. The SMILES string of the molecule is C=CC[C@](C)(O)/C(=C\CC)C(=O)NCc1ccccc1. The van der Waals surface area contributed by atoms with Crippen LogP contribution in [0.4, 0.5) is 0 Å². The molecule has 1 aromatic rings. The second kappa shape index (κ2) is 7.65. The summed E-state index contributed by atoms with van der Waals surface area (Å²) in [6, 6.07) is 9.69. The van der Waals surface area contributed by atoms with Gasteiger partial charge in [0.05, 0.1) is 5.60 Å². The number of carbonyl (C=O) groups is 1. The van der Waals surface area contributed by atoms with Crippen LogP contribution in [0.2, 0.25) is 0 Å². The highest BCUT2D eigenvalue weighted by molar-refractivity contribution is 5.95. The molecule has 0 saturated heterocycles. The number of nitrogens with one attached hydrogen (secondary N) is 1. The van der Waals surface area contributed by atoms with Crippen LogP contribution in [0.15, 0.2) is 54.6 Å². The fraction of sp³-hybridized carbons (Fsp3) is 0.353. The Labute approximate surface area is 121 Å². The lowest BCUT2D eigenvalue weighted by molar-refractivity contribution is -0.119. The molecular formula is C17H23NO2. The average Bonchev–Trinajstić information content (AvgIpc) is 2.43. The Morgan fingerprint density at radius 2 is 2.05 bits per heavy atom. The zero-order valence-electron chi connectivity index (χ0n) is 12.2. The second-order valence-corrected chi connectivity index (χ2v) is 4.96. The summed E-state index contributed by atoms with van der Waals surface area (Å²) in [6.07, 6.45) is 4.43. The van der Waals surface area contributed by atoms with Crippen LogP contribution in [0.25, 0.3) is 0 Å². The number of allylic oxidation sites excluding steroid dienone is 1. The van der Waals surface area contributed by atoms with Gasteiger partial charge in [-0.15, -0.1) is 6.58 Å². The number of hydrogen-bond acceptors (Lipinski definition) is 2. The lowest BCUT2D eigenvalue weighted by Gasteiger charge is -2.24. The molecule has 0 aliphatic carbocycles. The van der Waals surface area contributed by atoms with Crippen molar-refractivity contribution >= 4 is 5.91 Å². The summed E-state index contributed by atoms with van der Waals surface area (Å²) in [5.74, 6) is -0.234. The molecule has 3 nitrogen and oxygen atoms in total. The molecule has 0 radical (unpaired) electrons. The normalized spacial score (nSPS) is 14.4. The molecule has 0 aliphatic heterocycles. The van der Waals surface area contributed by atoms with E-state index in [2.05, 4.69) is 11.9 Å². The van der Waals surface area contributed by atoms with Crippen molar-refractivity contribution in [2.45, 2.75) is 38.8 Å². The van der Waals surface area contributed by atoms with Crippen molar-refractivity contribution in [3.8, 4) is 0 Å². The van der Waals surface area contributed by atoms with Gasteiger partial charge in [-0.1, -0.05) is 49.4 Å². The Morgan fingerprint density at radius 3 is 2.60 bits per heavy atom. The molecule has 0 unspecified atom stereocenters. The molecule has 0 spiro atoms. The van der Waals surface area contributed by atoms with Crippen LogP contribution in [0.5, 0.6) is 0 Å². The van der Waals surface area contributed by atoms with Crippen LogP contribution in [0.3, 0.4) is 0 Å². The van der Waals surface area contributed by atoms with Crippen LogP contribution in [0, 0.1) is 0 Å². The molecule has 20 heavy (non-hydrogen) atoms. The second-order valence-electron chi connectivity index (χ2n) is 4.96. The van der Waals surface area contributed by atoms with Crippen molar-refractivity contribution < 1.29 is 9.90 Å². The van der Waals surface area contributed by atoms with Crippen LogP contribution in [-0.4, -0.2) is 16.6 Å². The van der Waals surface area contributed by atoms with E-state index >= 15 is 0 Å². The fourth-order valence-corrected chi connectivity index (χ4v) is 2.03. The van der Waals surface area contributed by atoms with Gasteiger partial charge in [0.25, 0.3) is 0 Å². The third kappa shape index (κ3) is 4.67. The first-order valence-electron chi connectivity index (χ1n) is 6.87. The molecule has 0 bridgehead atoms. The number of rotatable bonds is 7. The summed E-state index contributed by atoms with van der Waals surface area (Å²) in [4.78, 5) is 12.3. The van der Waals surface area contributed by atoms with Crippen molar-refractivity contribution in [2.75, 3.05) is 0 Å². The van der Waals surface area contributed by atoms with Gasteiger partial charge in [0, 0.05) is 12.1 Å². The maximum atomic E-state index is 12.3. The number of benzene rings is 1. The van der Waals surface area contributed by atoms with Crippen LogP contribution >= 0.6 is 0 Å². The third-order valence-corrected chi connectivity index (χ3v) is 3.07. The van der Waals surface area contributed by atoms with Gasteiger partial charge in [0.15, 0.2) is 0 Å². The van der Waals surface area contributed by atoms with E-state index in [1.54, 1.807) is 19.1 Å². The highest BCUT2D eigenvalue weighted by Gasteiger charge is 2.29. The monoisotopic (exact) mass is 273 g/mol. The zero-order chi connectivity index (χ0) is 15.0. The van der Waals surface area contributed by atoms with Gasteiger partial charge in [-0.25, -0.2) is 0 Å².